The highest BCUT2D eigenvalue weighted by Crippen LogP contribution is 2.00. The molecular weight excluding hydrogens is 172 g/mol. The molecule has 0 aromatic carbocycles. The van der Waals surface area contributed by atoms with E-state index < -0.39 is 18.2 Å². The highest BCUT2D eigenvalue weighted by molar-refractivity contribution is 6.05. The summed E-state index contributed by atoms with van der Waals surface area (Å²) in [5, 5.41) is 8.24. The van der Waals surface area contributed by atoms with Crippen LogP contribution in [0.3, 0.4) is 0 Å². The van der Waals surface area contributed by atoms with Crippen molar-refractivity contribution in [2.45, 2.75) is 39.0 Å². The zero-order valence-electron chi connectivity index (χ0n) is 7.71. The molecule has 0 aliphatic rings. The van der Waals surface area contributed by atoms with Gasteiger partial charge in [0.2, 0.25) is 0 Å². The molecule has 0 saturated carbocycles. The Bertz CT molecular complexity index is 208. The summed E-state index contributed by atoms with van der Waals surface area (Å²) in [5.41, 5.74) is 0. The molecule has 0 saturated heterocycles. The van der Waals surface area contributed by atoms with Gasteiger partial charge in [-0.25, -0.2) is 0 Å². The van der Waals surface area contributed by atoms with E-state index in [1.165, 1.54) is 0 Å². The third kappa shape index (κ3) is 7.18. The van der Waals surface area contributed by atoms with Crippen LogP contribution >= 0.6 is 0 Å². The van der Waals surface area contributed by atoms with Crippen molar-refractivity contribution in [1.29, 1.82) is 0 Å². The zero-order chi connectivity index (χ0) is 10.3. The molecule has 0 fully saturated rings. The van der Waals surface area contributed by atoms with E-state index in [1.54, 1.807) is 0 Å². The molecular formula is C9H14O4. The summed E-state index contributed by atoms with van der Waals surface area (Å²) in [6.45, 7) is 1.95. The maximum absolute atomic E-state index is 11.0. The van der Waals surface area contributed by atoms with Crippen molar-refractivity contribution in [2.24, 2.45) is 0 Å². The average molecular weight is 186 g/mol. The summed E-state index contributed by atoms with van der Waals surface area (Å²) >= 11 is 0. The number of rotatable bonds is 7. The van der Waals surface area contributed by atoms with E-state index in [-0.39, 0.29) is 12.2 Å². The van der Waals surface area contributed by atoms with Gasteiger partial charge in [-0.3, -0.25) is 14.4 Å². The fourth-order valence-corrected chi connectivity index (χ4v) is 0.913. The van der Waals surface area contributed by atoms with Crippen LogP contribution in [-0.4, -0.2) is 22.6 Å². The lowest BCUT2D eigenvalue weighted by molar-refractivity contribution is -0.140. The van der Waals surface area contributed by atoms with E-state index in [0.717, 1.165) is 12.8 Å². The monoisotopic (exact) mass is 186 g/mol. The van der Waals surface area contributed by atoms with E-state index in [4.69, 9.17) is 5.11 Å². The van der Waals surface area contributed by atoms with Gasteiger partial charge in [0.05, 0.1) is 6.42 Å². The van der Waals surface area contributed by atoms with Crippen LogP contribution < -0.4 is 0 Å². The van der Waals surface area contributed by atoms with E-state index >= 15 is 0 Å². The molecule has 0 heterocycles. The third-order valence-corrected chi connectivity index (χ3v) is 1.55. The van der Waals surface area contributed by atoms with Gasteiger partial charge in [0, 0.05) is 6.42 Å². The minimum absolute atomic E-state index is 0.159. The number of hydrogen-bond acceptors (Lipinski definition) is 3. The Balaban J connectivity index is 3.65. The molecule has 0 rings (SSSR count). The van der Waals surface area contributed by atoms with E-state index in [2.05, 4.69) is 0 Å². The Morgan fingerprint density at radius 1 is 1.08 bits per heavy atom. The maximum Gasteiger partial charge on any atom is 0.310 e. The molecule has 0 bridgehead atoms. The molecule has 0 aromatic rings. The molecule has 4 nitrogen and oxygen atoms in total. The van der Waals surface area contributed by atoms with Crippen LogP contribution in [0.5, 0.6) is 0 Å². The summed E-state index contributed by atoms with van der Waals surface area (Å²) in [6, 6.07) is 0. The third-order valence-electron chi connectivity index (χ3n) is 1.55. The summed E-state index contributed by atoms with van der Waals surface area (Å²) < 4.78 is 0. The Morgan fingerprint density at radius 2 is 1.69 bits per heavy atom. The lowest BCUT2D eigenvalue weighted by Gasteiger charge is -1.96. The predicted octanol–water partition coefficient (Wildman–Crippen LogP) is 1.18. The van der Waals surface area contributed by atoms with Gasteiger partial charge in [-0.05, 0) is 6.42 Å². The van der Waals surface area contributed by atoms with Crippen molar-refractivity contribution in [3.8, 4) is 0 Å². The summed E-state index contributed by atoms with van der Waals surface area (Å²) in [7, 11) is 0. The van der Waals surface area contributed by atoms with Gasteiger partial charge in [-0.1, -0.05) is 13.3 Å². The number of Topliss-reactive ketones (excluding diaryl/α,β-unsaturated/α-hetero) is 2. The van der Waals surface area contributed by atoms with Gasteiger partial charge in [0.1, 0.15) is 12.2 Å². The maximum atomic E-state index is 11.0. The minimum atomic E-state index is -1.17. The summed E-state index contributed by atoms with van der Waals surface area (Å²) in [4.78, 5) is 31.9. The molecule has 4 heteroatoms. The SMILES string of the molecule is CCCCC(=O)CC(=O)CC(=O)O. The highest BCUT2D eigenvalue weighted by atomic mass is 16.4. The van der Waals surface area contributed by atoms with E-state index in [0.29, 0.717) is 6.42 Å². The number of aliphatic carboxylic acids is 1. The van der Waals surface area contributed by atoms with Crippen molar-refractivity contribution >= 4 is 17.5 Å². The van der Waals surface area contributed by atoms with Crippen LogP contribution in [0.15, 0.2) is 0 Å². The van der Waals surface area contributed by atoms with Crippen molar-refractivity contribution in [3.05, 3.63) is 0 Å². The number of hydrogen-bond donors (Lipinski definition) is 1. The number of carbonyl (C=O) groups is 3. The molecule has 74 valence electrons. The van der Waals surface area contributed by atoms with Gasteiger partial charge in [0.25, 0.3) is 0 Å². The van der Waals surface area contributed by atoms with Crippen molar-refractivity contribution < 1.29 is 19.5 Å². The highest BCUT2D eigenvalue weighted by Gasteiger charge is 2.12. The normalized spacial score (nSPS) is 9.62. The summed E-state index contributed by atoms with van der Waals surface area (Å²) in [5.74, 6) is -1.84. The quantitative estimate of drug-likeness (QED) is 0.606. The average Bonchev–Trinajstić information content (AvgIpc) is 1.98. The van der Waals surface area contributed by atoms with Crippen molar-refractivity contribution in [2.75, 3.05) is 0 Å². The zero-order valence-corrected chi connectivity index (χ0v) is 7.71. The molecule has 1 N–H and O–H groups in total. The molecule has 0 aromatic heterocycles. The van der Waals surface area contributed by atoms with Crippen LogP contribution in [0.1, 0.15) is 39.0 Å². The number of unbranched alkanes of at least 4 members (excludes halogenated alkanes) is 1. The molecule has 13 heavy (non-hydrogen) atoms. The lowest BCUT2D eigenvalue weighted by Crippen LogP contribution is -2.11. The Hall–Kier alpha value is -1.19. The number of ketones is 2. The second kappa shape index (κ2) is 6.34. The van der Waals surface area contributed by atoms with Crippen LogP contribution in [0.4, 0.5) is 0 Å². The first-order valence-corrected chi connectivity index (χ1v) is 4.31. The number of carboxylic acids is 1. The Kier molecular flexibility index (Phi) is 5.76. The first-order valence-electron chi connectivity index (χ1n) is 4.31. The Labute approximate surface area is 76.9 Å². The molecule has 0 spiro atoms. The molecule has 0 amide bonds. The molecule has 0 aliphatic heterocycles. The Morgan fingerprint density at radius 3 is 2.15 bits per heavy atom. The van der Waals surface area contributed by atoms with E-state index in [9.17, 15) is 14.4 Å². The second-order valence-electron chi connectivity index (χ2n) is 2.93. The number of carbonyl (C=O) groups excluding carboxylic acids is 2. The molecule has 0 radical (unpaired) electrons. The molecule has 0 atom stereocenters. The fourth-order valence-electron chi connectivity index (χ4n) is 0.913. The predicted molar refractivity (Wildman–Crippen MR) is 46.4 cm³/mol. The van der Waals surface area contributed by atoms with Crippen LogP contribution in [0, 0.1) is 0 Å². The number of carboxylic acid groups (broad SMARTS) is 1. The second-order valence-corrected chi connectivity index (χ2v) is 2.93. The topological polar surface area (TPSA) is 71.4 Å². The standard InChI is InChI=1S/C9H14O4/c1-2-3-4-7(10)5-8(11)6-9(12)13/h2-6H2,1H3,(H,12,13). The van der Waals surface area contributed by atoms with Crippen molar-refractivity contribution in [3.63, 3.8) is 0 Å². The van der Waals surface area contributed by atoms with Gasteiger partial charge < -0.3 is 5.11 Å². The smallest absolute Gasteiger partial charge is 0.310 e. The van der Waals surface area contributed by atoms with Crippen LogP contribution in [0.2, 0.25) is 0 Å². The first kappa shape index (κ1) is 11.8. The van der Waals surface area contributed by atoms with E-state index in [1.807, 2.05) is 6.92 Å². The minimum Gasteiger partial charge on any atom is -0.481 e. The largest absolute Gasteiger partial charge is 0.481 e. The van der Waals surface area contributed by atoms with Gasteiger partial charge in [-0.15, -0.1) is 0 Å². The van der Waals surface area contributed by atoms with Crippen LogP contribution in [0.25, 0.3) is 0 Å². The summed E-state index contributed by atoms with van der Waals surface area (Å²) in [6.07, 6.45) is 1.27. The molecule has 0 unspecified atom stereocenters. The lowest BCUT2D eigenvalue weighted by atomic mass is 10.1. The first-order chi connectivity index (χ1) is 6.06. The van der Waals surface area contributed by atoms with Crippen molar-refractivity contribution in [1.82, 2.24) is 0 Å². The van der Waals surface area contributed by atoms with Gasteiger partial charge >= 0.3 is 5.97 Å². The van der Waals surface area contributed by atoms with Gasteiger partial charge in [-0.2, -0.15) is 0 Å². The molecule has 0 aliphatic carbocycles. The van der Waals surface area contributed by atoms with Crippen LogP contribution in [-0.2, 0) is 14.4 Å². The fraction of sp³-hybridized carbons (Fsp3) is 0.667. The van der Waals surface area contributed by atoms with Gasteiger partial charge in [0.15, 0.2) is 5.78 Å².